The lowest BCUT2D eigenvalue weighted by molar-refractivity contribution is 0.0824. The Morgan fingerprint density at radius 1 is 1.33 bits per heavy atom. The maximum absolute atomic E-state index is 13.9. The van der Waals surface area contributed by atoms with E-state index in [0.29, 0.717) is 55.4 Å². The Balaban J connectivity index is 1.58. The van der Waals surface area contributed by atoms with Crippen molar-refractivity contribution in [3.63, 3.8) is 0 Å². The van der Waals surface area contributed by atoms with Crippen molar-refractivity contribution in [2.75, 3.05) is 29.8 Å². The molecule has 1 unspecified atom stereocenters. The molecule has 2 aromatic rings. The number of anilines is 1. The van der Waals surface area contributed by atoms with Gasteiger partial charge in [0.25, 0.3) is 11.5 Å². The number of carbonyl (C=O) groups excluding carboxylic acids is 1. The fourth-order valence-corrected chi connectivity index (χ4v) is 5.58. The number of rotatable bonds is 5. The summed E-state index contributed by atoms with van der Waals surface area (Å²) in [4.78, 5) is 29.8. The van der Waals surface area contributed by atoms with Crippen LogP contribution in [0.5, 0.6) is 5.75 Å². The van der Waals surface area contributed by atoms with Crippen LogP contribution in [0.3, 0.4) is 0 Å². The molecule has 0 bridgehead atoms. The summed E-state index contributed by atoms with van der Waals surface area (Å²) in [7, 11) is 0.253. The summed E-state index contributed by atoms with van der Waals surface area (Å²) < 4.78 is 34.7. The van der Waals surface area contributed by atoms with Crippen molar-refractivity contribution in [1.82, 2.24) is 14.9 Å². The van der Waals surface area contributed by atoms with Crippen molar-refractivity contribution in [3.8, 4) is 5.75 Å². The van der Waals surface area contributed by atoms with Gasteiger partial charge in [-0.3, -0.25) is 18.5 Å². The van der Waals surface area contributed by atoms with E-state index in [1.807, 2.05) is 0 Å². The van der Waals surface area contributed by atoms with Crippen LogP contribution < -0.4 is 15.2 Å². The van der Waals surface area contributed by atoms with Gasteiger partial charge in [-0.15, -0.1) is 0 Å². The summed E-state index contributed by atoms with van der Waals surface area (Å²) in [6.07, 6.45) is 3.01. The van der Waals surface area contributed by atoms with Crippen molar-refractivity contribution in [1.29, 1.82) is 0 Å². The monoisotopic (exact) mass is 478 g/mol. The van der Waals surface area contributed by atoms with Gasteiger partial charge < -0.3 is 15.2 Å². The normalized spacial score (nSPS) is 19.5. The molecule has 11 heteroatoms. The molecule has 0 radical (unpaired) electrons. The van der Waals surface area contributed by atoms with Crippen molar-refractivity contribution in [2.45, 2.75) is 38.1 Å². The quantitative estimate of drug-likeness (QED) is 0.677. The minimum absolute atomic E-state index is 0.00885. The molecule has 9 nitrogen and oxygen atoms in total. The molecule has 0 aliphatic carbocycles. The molecule has 4 rings (SSSR count). The van der Waals surface area contributed by atoms with E-state index in [2.05, 4.69) is 10.3 Å². The van der Waals surface area contributed by atoms with Gasteiger partial charge in [0.05, 0.1) is 5.69 Å². The van der Waals surface area contributed by atoms with Crippen LogP contribution in [0.25, 0.3) is 0 Å². The number of hydrogen-bond acceptors (Lipinski definition) is 6. The number of aromatic hydroxyl groups is 1. The van der Waals surface area contributed by atoms with Crippen molar-refractivity contribution >= 4 is 22.6 Å². The Kier molecular flexibility index (Phi) is 7.08. The van der Waals surface area contributed by atoms with Gasteiger partial charge in [0.1, 0.15) is 22.6 Å². The molecule has 2 aliphatic heterocycles. The van der Waals surface area contributed by atoms with E-state index < -0.39 is 34.0 Å². The Morgan fingerprint density at radius 3 is 2.82 bits per heavy atom. The molecular formula is C22H27FN4O5S. The molecule has 3 heterocycles. The van der Waals surface area contributed by atoms with Gasteiger partial charge in [-0.2, -0.15) is 0 Å². The van der Waals surface area contributed by atoms with E-state index in [4.69, 9.17) is 4.74 Å². The van der Waals surface area contributed by atoms with E-state index in [1.54, 1.807) is 4.31 Å². The van der Waals surface area contributed by atoms with Crippen molar-refractivity contribution in [3.05, 3.63) is 51.5 Å². The lowest BCUT2D eigenvalue weighted by Gasteiger charge is -2.29. The molecule has 178 valence electrons. The molecule has 2 N–H and O–H groups in total. The van der Waals surface area contributed by atoms with Crippen molar-refractivity contribution < 1.29 is 23.2 Å². The average Bonchev–Trinajstić information content (AvgIpc) is 2.82. The second-order valence-electron chi connectivity index (χ2n) is 8.21. The largest absolute Gasteiger partial charge is 0.501 e. The number of halogens is 1. The Morgan fingerprint density at radius 2 is 2.09 bits per heavy atom. The Hall–Kier alpha value is -2.79. The van der Waals surface area contributed by atoms with Gasteiger partial charge in [0.2, 0.25) is 5.75 Å². The second kappa shape index (κ2) is 10.0. The first-order valence-corrected chi connectivity index (χ1v) is 12.2. The summed E-state index contributed by atoms with van der Waals surface area (Å²) in [6.45, 7) is 1.59. The minimum atomic E-state index is -1.27. The van der Waals surface area contributed by atoms with Gasteiger partial charge >= 0.3 is 0 Å². The zero-order valence-electron chi connectivity index (χ0n) is 18.4. The highest BCUT2D eigenvalue weighted by atomic mass is 32.2. The molecule has 2 aliphatic rings. The third-order valence-corrected chi connectivity index (χ3v) is 7.54. The number of nitrogens with one attached hydrogen (secondary N) is 1. The summed E-state index contributed by atoms with van der Waals surface area (Å²) in [5.74, 6) is -1.02. The van der Waals surface area contributed by atoms with E-state index in [1.165, 1.54) is 29.8 Å². The summed E-state index contributed by atoms with van der Waals surface area (Å²) in [5, 5.41) is 13.0. The van der Waals surface area contributed by atoms with Gasteiger partial charge in [-0.05, 0) is 43.4 Å². The van der Waals surface area contributed by atoms with Crippen LogP contribution in [-0.2, 0) is 29.3 Å². The van der Waals surface area contributed by atoms with Crippen LogP contribution in [0.1, 0.15) is 53.5 Å². The lowest BCUT2D eigenvalue weighted by atomic mass is 9.99. The highest BCUT2D eigenvalue weighted by Gasteiger charge is 2.26. The molecule has 1 aromatic heterocycles. The van der Waals surface area contributed by atoms with Gasteiger partial charge in [-0.25, -0.2) is 13.6 Å². The number of aromatic nitrogens is 2. The molecule has 33 heavy (non-hydrogen) atoms. The molecule has 2 fully saturated rings. The maximum Gasteiger partial charge on any atom is 0.296 e. The maximum atomic E-state index is 13.9. The predicted octanol–water partition coefficient (Wildman–Crippen LogP) is 1.71. The lowest BCUT2D eigenvalue weighted by Crippen LogP contribution is -2.35. The fourth-order valence-electron chi connectivity index (χ4n) is 4.19. The molecule has 1 amide bonds. The highest BCUT2D eigenvalue weighted by molar-refractivity contribution is 7.86. The van der Waals surface area contributed by atoms with Gasteiger partial charge in [0.15, 0.2) is 5.69 Å². The standard InChI is InChI=1S/C22H27FN4O5S/c1-26-20(14-6-9-32-10-7-14)25-18(19(28)22(26)30)21(29)24-13-15-4-5-16(23)12-17(15)27-8-2-3-11-33(27)31/h4-5,12,14,28H,2-3,6-11,13H2,1H3,(H,24,29). The summed E-state index contributed by atoms with van der Waals surface area (Å²) in [6, 6.07) is 4.11. The fraction of sp³-hybridized carbons (Fsp3) is 0.500. The molecular weight excluding hydrogens is 451 g/mol. The molecule has 1 aromatic carbocycles. The SMILES string of the molecule is Cn1c(C2CCOCC2)nc(C(=O)NCc2ccc(F)cc2N2CCCCS2=O)c(O)c1=O. The van der Waals surface area contributed by atoms with Gasteiger partial charge in [0, 0.05) is 45.0 Å². The molecule has 2 saturated heterocycles. The molecule has 1 atom stereocenters. The Labute approximate surface area is 193 Å². The van der Waals surface area contributed by atoms with Crippen LogP contribution in [-0.4, -0.2) is 50.3 Å². The number of ether oxygens (including phenoxy) is 1. The zero-order chi connectivity index (χ0) is 23.5. The third-order valence-electron chi connectivity index (χ3n) is 6.03. The summed E-state index contributed by atoms with van der Waals surface area (Å²) >= 11 is 0. The summed E-state index contributed by atoms with van der Waals surface area (Å²) in [5.41, 5.74) is -0.00186. The first kappa shape index (κ1) is 23.4. The van der Waals surface area contributed by atoms with Crippen LogP contribution >= 0.6 is 0 Å². The minimum Gasteiger partial charge on any atom is -0.501 e. The third kappa shape index (κ3) is 4.93. The average molecular weight is 479 g/mol. The highest BCUT2D eigenvalue weighted by Crippen LogP contribution is 2.28. The smallest absolute Gasteiger partial charge is 0.296 e. The molecule has 0 spiro atoms. The van der Waals surface area contributed by atoms with E-state index in [-0.39, 0.29) is 18.2 Å². The van der Waals surface area contributed by atoms with Gasteiger partial charge in [-0.1, -0.05) is 6.07 Å². The zero-order valence-corrected chi connectivity index (χ0v) is 19.2. The van der Waals surface area contributed by atoms with E-state index >= 15 is 0 Å². The number of carbonyl (C=O) groups is 1. The Bertz CT molecular complexity index is 1130. The van der Waals surface area contributed by atoms with Crippen LogP contribution in [0.4, 0.5) is 10.1 Å². The van der Waals surface area contributed by atoms with E-state index in [0.717, 1.165) is 12.8 Å². The van der Waals surface area contributed by atoms with Crippen LogP contribution in [0, 0.1) is 5.82 Å². The van der Waals surface area contributed by atoms with Crippen molar-refractivity contribution in [2.24, 2.45) is 7.05 Å². The number of hydrogen-bond donors (Lipinski definition) is 2. The predicted molar refractivity (Wildman–Crippen MR) is 121 cm³/mol. The first-order chi connectivity index (χ1) is 15.9. The van der Waals surface area contributed by atoms with Crippen LogP contribution in [0.2, 0.25) is 0 Å². The topological polar surface area (TPSA) is 114 Å². The number of amides is 1. The van der Waals surface area contributed by atoms with E-state index in [9.17, 15) is 23.3 Å². The first-order valence-electron chi connectivity index (χ1n) is 11.0. The molecule has 0 saturated carbocycles. The number of nitrogens with zero attached hydrogens (tertiary/aromatic N) is 3. The second-order valence-corrected chi connectivity index (χ2v) is 9.70. The van der Waals surface area contributed by atoms with Crippen LogP contribution in [0.15, 0.2) is 23.0 Å². The number of benzene rings is 1.